The Morgan fingerprint density at radius 2 is 1.52 bits per heavy atom. The van der Waals surface area contributed by atoms with Crippen molar-refractivity contribution in [2.45, 2.75) is 51.7 Å². The Kier molecular flexibility index (Phi) is 8.01. The molecule has 0 fully saturated rings. The molecule has 25 heavy (non-hydrogen) atoms. The molecule has 0 aliphatic heterocycles. The number of benzene rings is 1. The molecule has 7 heteroatoms. The van der Waals surface area contributed by atoms with Crippen molar-refractivity contribution < 1.29 is 17.8 Å². The maximum Gasteiger partial charge on any atom is 0.352 e. The fourth-order valence-corrected chi connectivity index (χ4v) is 14.4. The Labute approximate surface area is 155 Å². The third-order valence-corrected chi connectivity index (χ3v) is 13.0. The highest BCUT2D eigenvalue weighted by molar-refractivity contribution is 6.94. The number of rotatable bonds is 10. The van der Waals surface area contributed by atoms with Gasteiger partial charge in [-0.15, -0.1) is 0 Å². The maximum atomic E-state index is 11.3. The second-order valence-corrected chi connectivity index (χ2v) is 20.7. The monoisotopic (exact) mass is 396 g/mol. The standard InChI is InChI=1S/C18H32O4Si3/c1-8-18(19)20-15-12-16-25(21-23(2,3)4,22-24(5,6)7)17-13-10-9-11-14-17/h8-11,13-14H,1,12,15-16H2,2-7H3. The average Bonchev–Trinajstić information content (AvgIpc) is 2.49. The van der Waals surface area contributed by atoms with Crippen LogP contribution in [0.2, 0.25) is 45.3 Å². The van der Waals surface area contributed by atoms with E-state index in [0.717, 1.165) is 17.7 Å². The van der Waals surface area contributed by atoms with Gasteiger partial charge in [-0.05, 0) is 56.9 Å². The lowest BCUT2D eigenvalue weighted by molar-refractivity contribution is -0.137. The molecule has 0 N–H and O–H groups in total. The average molecular weight is 397 g/mol. The van der Waals surface area contributed by atoms with E-state index in [2.05, 4.69) is 58.0 Å². The molecule has 0 atom stereocenters. The molecule has 0 unspecified atom stereocenters. The van der Waals surface area contributed by atoms with E-state index < -0.39 is 25.2 Å². The molecule has 140 valence electrons. The highest BCUT2D eigenvalue weighted by Gasteiger charge is 2.45. The molecule has 0 saturated heterocycles. The predicted molar refractivity (Wildman–Crippen MR) is 111 cm³/mol. The number of carbonyl (C=O) groups is 1. The molecule has 0 amide bonds. The number of hydrogen-bond donors (Lipinski definition) is 0. The van der Waals surface area contributed by atoms with E-state index in [-0.39, 0.29) is 5.97 Å². The van der Waals surface area contributed by atoms with Gasteiger partial charge in [0.05, 0.1) is 6.61 Å². The minimum Gasteiger partial charge on any atom is -0.463 e. The Bertz CT molecular complexity index is 546. The van der Waals surface area contributed by atoms with Crippen LogP contribution in [0.1, 0.15) is 6.42 Å². The molecule has 1 aromatic carbocycles. The molecular weight excluding hydrogens is 364 g/mol. The minimum absolute atomic E-state index is 0.358. The summed E-state index contributed by atoms with van der Waals surface area (Å²) >= 11 is 0. The highest BCUT2D eigenvalue weighted by atomic mass is 28.5. The van der Waals surface area contributed by atoms with E-state index in [9.17, 15) is 4.79 Å². The fourth-order valence-electron chi connectivity index (χ4n) is 2.60. The van der Waals surface area contributed by atoms with Crippen molar-refractivity contribution in [2.24, 2.45) is 0 Å². The summed E-state index contributed by atoms with van der Waals surface area (Å²) in [6.45, 7) is 17.0. The van der Waals surface area contributed by atoms with E-state index in [1.54, 1.807) is 0 Å². The van der Waals surface area contributed by atoms with Gasteiger partial charge < -0.3 is 13.0 Å². The Morgan fingerprint density at radius 3 is 1.96 bits per heavy atom. The zero-order chi connectivity index (χ0) is 19.1. The van der Waals surface area contributed by atoms with Crippen LogP contribution in [-0.4, -0.2) is 37.8 Å². The van der Waals surface area contributed by atoms with Crippen molar-refractivity contribution in [3.8, 4) is 0 Å². The summed E-state index contributed by atoms with van der Waals surface area (Å²) in [5, 5.41) is 1.16. The minimum atomic E-state index is -2.62. The third-order valence-electron chi connectivity index (χ3n) is 3.22. The predicted octanol–water partition coefficient (Wildman–Crippen LogP) is 4.16. The van der Waals surface area contributed by atoms with Gasteiger partial charge in [0.1, 0.15) is 0 Å². The Balaban J connectivity index is 3.11. The summed E-state index contributed by atoms with van der Waals surface area (Å²) < 4.78 is 18.7. The van der Waals surface area contributed by atoms with Gasteiger partial charge in [0.25, 0.3) is 0 Å². The molecular formula is C18H32O4Si3. The van der Waals surface area contributed by atoms with Crippen molar-refractivity contribution in [3.05, 3.63) is 43.0 Å². The van der Waals surface area contributed by atoms with Crippen LogP contribution in [0.5, 0.6) is 0 Å². The van der Waals surface area contributed by atoms with Gasteiger partial charge in [-0.2, -0.15) is 0 Å². The van der Waals surface area contributed by atoms with Crippen molar-refractivity contribution >= 4 is 36.4 Å². The van der Waals surface area contributed by atoms with E-state index in [1.165, 1.54) is 6.08 Å². The van der Waals surface area contributed by atoms with E-state index >= 15 is 0 Å². The summed E-state index contributed by atoms with van der Waals surface area (Å²) in [5.74, 6) is -0.385. The van der Waals surface area contributed by atoms with E-state index in [1.807, 2.05) is 18.2 Å². The highest BCUT2D eigenvalue weighted by Crippen LogP contribution is 2.26. The van der Waals surface area contributed by atoms with Crippen LogP contribution in [0.25, 0.3) is 0 Å². The summed E-state index contributed by atoms with van der Waals surface area (Å²) in [7, 11) is -6.28. The van der Waals surface area contributed by atoms with Gasteiger partial charge in [-0.25, -0.2) is 4.79 Å². The van der Waals surface area contributed by atoms with Crippen molar-refractivity contribution in [3.63, 3.8) is 0 Å². The number of hydrogen-bond acceptors (Lipinski definition) is 4. The molecule has 0 spiro atoms. The summed E-state index contributed by atoms with van der Waals surface area (Å²) in [6, 6.07) is 11.1. The van der Waals surface area contributed by atoms with Crippen LogP contribution in [-0.2, 0) is 17.8 Å². The third kappa shape index (κ3) is 8.28. The molecule has 1 rings (SSSR count). The SMILES string of the molecule is C=CC(=O)OCCC[Si](O[Si](C)(C)C)(O[Si](C)(C)C)c1ccccc1. The molecule has 0 bridgehead atoms. The van der Waals surface area contributed by atoms with Crippen LogP contribution >= 0.6 is 0 Å². The lowest BCUT2D eigenvalue weighted by Crippen LogP contribution is -2.62. The van der Waals surface area contributed by atoms with Crippen LogP contribution in [0.15, 0.2) is 43.0 Å². The zero-order valence-corrected chi connectivity index (χ0v) is 19.4. The number of carbonyl (C=O) groups excluding carboxylic acids is 1. The summed E-state index contributed by atoms with van der Waals surface area (Å²) in [4.78, 5) is 11.3. The molecule has 4 nitrogen and oxygen atoms in total. The maximum absolute atomic E-state index is 11.3. The molecule has 0 aliphatic rings. The first-order valence-electron chi connectivity index (χ1n) is 8.72. The number of ether oxygens (including phenoxy) is 1. The Hall–Kier alpha value is -0.999. The molecule has 0 heterocycles. The smallest absolute Gasteiger partial charge is 0.352 e. The molecule has 0 radical (unpaired) electrons. The van der Waals surface area contributed by atoms with Crippen LogP contribution in [0.4, 0.5) is 0 Å². The zero-order valence-electron chi connectivity index (χ0n) is 16.4. The summed E-state index contributed by atoms with van der Waals surface area (Å²) in [6.07, 6.45) is 1.91. The topological polar surface area (TPSA) is 44.8 Å². The fraction of sp³-hybridized carbons (Fsp3) is 0.500. The van der Waals surface area contributed by atoms with Crippen LogP contribution < -0.4 is 5.19 Å². The van der Waals surface area contributed by atoms with Gasteiger partial charge in [-0.1, -0.05) is 36.9 Å². The summed E-state index contributed by atoms with van der Waals surface area (Å²) in [5.41, 5.74) is 0. The normalized spacial score (nSPS) is 12.7. The van der Waals surface area contributed by atoms with Crippen molar-refractivity contribution in [1.82, 2.24) is 0 Å². The first-order chi connectivity index (χ1) is 11.5. The van der Waals surface area contributed by atoms with Gasteiger partial charge in [-0.3, -0.25) is 0 Å². The second kappa shape index (κ2) is 9.09. The molecule has 0 aliphatic carbocycles. The quantitative estimate of drug-likeness (QED) is 0.258. The molecule has 0 saturated carbocycles. The molecule has 0 aromatic heterocycles. The van der Waals surface area contributed by atoms with Crippen LogP contribution in [0, 0.1) is 0 Å². The van der Waals surface area contributed by atoms with Gasteiger partial charge >= 0.3 is 14.5 Å². The van der Waals surface area contributed by atoms with Crippen molar-refractivity contribution in [1.29, 1.82) is 0 Å². The van der Waals surface area contributed by atoms with Gasteiger partial charge in [0.15, 0.2) is 16.6 Å². The Morgan fingerprint density at radius 1 is 1.00 bits per heavy atom. The molecule has 1 aromatic rings. The van der Waals surface area contributed by atoms with Gasteiger partial charge in [0, 0.05) is 6.08 Å². The van der Waals surface area contributed by atoms with Gasteiger partial charge in [0.2, 0.25) is 0 Å². The second-order valence-electron chi connectivity index (χ2n) is 8.02. The van der Waals surface area contributed by atoms with E-state index in [0.29, 0.717) is 6.61 Å². The largest absolute Gasteiger partial charge is 0.463 e. The first-order valence-corrected chi connectivity index (χ1v) is 17.6. The lowest BCUT2D eigenvalue weighted by atomic mass is 10.4. The first kappa shape index (κ1) is 22.0. The lowest BCUT2D eigenvalue weighted by Gasteiger charge is -2.41. The van der Waals surface area contributed by atoms with E-state index in [4.69, 9.17) is 13.0 Å². The number of esters is 1. The van der Waals surface area contributed by atoms with Crippen LogP contribution in [0.3, 0.4) is 0 Å². The van der Waals surface area contributed by atoms with Crippen molar-refractivity contribution in [2.75, 3.05) is 6.61 Å².